The first-order valence-corrected chi connectivity index (χ1v) is 8.35. The third kappa shape index (κ3) is 3.91. The zero-order valence-corrected chi connectivity index (χ0v) is 14.0. The van der Waals surface area contributed by atoms with Crippen molar-refractivity contribution in [2.45, 2.75) is 50.7 Å². The van der Waals surface area contributed by atoms with E-state index in [1.54, 1.807) is 11.8 Å². The van der Waals surface area contributed by atoms with Gasteiger partial charge in [-0.25, -0.2) is 0 Å². The molecule has 0 amide bonds. The van der Waals surface area contributed by atoms with E-state index in [4.69, 9.17) is 0 Å². The fourth-order valence-electron chi connectivity index (χ4n) is 2.80. The number of carbonyl (C=O) groups excluding carboxylic acids is 1. The molecule has 1 unspecified atom stereocenters. The van der Waals surface area contributed by atoms with Gasteiger partial charge in [0.2, 0.25) is 0 Å². The molecule has 1 N–H and O–H groups in total. The minimum Gasteiger partial charge on any atom is -0.512 e. The van der Waals surface area contributed by atoms with Crippen molar-refractivity contribution < 1.29 is 9.90 Å². The van der Waals surface area contributed by atoms with Crippen molar-refractivity contribution in [2.24, 2.45) is 11.3 Å². The second-order valence-corrected chi connectivity index (χ2v) is 8.11. The lowest BCUT2D eigenvalue weighted by molar-refractivity contribution is -0.118. The van der Waals surface area contributed by atoms with Crippen molar-refractivity contribution in [1.82, 2.24) is 0 Å². The van der Waals surface area contributed by atoms with E-state index in [0.717, 1.165) is 4.90 Å². The van der Waals surface area contributed by atoms with Crippen LogP contribution in [-0.2, 0) is 4.79 Å². The smallest absolute Gasteiger partial charge is 0.163 e. The van der Waals surface area contributed by atoms with Crippen LogP contribution in [0, 0.1) is 11.3 Å². The fourth-order valence-corrected chi connectivity index (χ4v) is 4.06. The van der Waals surface area contributed by atoms with Gasteiger partial charge < -0.3 is 5.11 Å². The number of aliphatic hydroxyl groups is 1. The molecule has 1 aromatic carbocycles. The van der Waals surface area contributed by atoms with E-state index in [1.165, 1.54) is 0 Å². The summed E-state index contributed by atoms with van der Waals surface area (Å²) in [5, 5.41) is 10.4. The lowest BCUT2D eigenvalue weighted by Gasteiger charge is -2.33. The molecular weight excluding hydrogens is 280 g/mol. The predicted octanol–water partition coefficient (Wildman–Crippen LogP) is 5.00. The number of carbonyl (C=O) groups is 1. The van der Waals surface area contributed by atoms with E-state index in [1.807, 2.05) is 32.0 Å². The number of hydrogen-bond acceptors (Lipinski definition) is 3. The van der Waals surface area contributed by atoms with Crippen molar-refractivity contribution >= 4 is 17.5 Å². The third-order valence-electron chi connectivity index (χ3n) is 3.79. The molecule has 1 atom stereocenters. The lowest BCUT2D eigenvalue weighted by Crippen LogP contribution is -2.32. The molecule has 2 rings (SSSR count). The summed E-state index contributed by atoms with van der Waals surface area (Å²) in [5.41, 5.74) is 0.502. The summed E-state index contributed by atoms with van der Waals surface area (Å²) in [6, 6.07) is 10.1. The minimum atomic E-state index is -0.135. The molecule has 0 bridgehead atoms. The molecule has 21 heavy (non-hydrogen) atoms. The Morgan fingerprint density at radius 2 is 1.76 bits per heavy atom. The fraction of sp³-hybridized carbons (Fsp3) is 0.500. The molecule has 0 spiro atoms. The molecular formula is C18H24O2S. The molecule has 1 aliphatic rings. The molecule has 1 aromatic rings. The summed E-state index contributed by atoms with van der Waals surface area (Å²) in [7, 11) is 0. The van der Waals surface area contributed by atoms with Gasteiger partial charge in [0.1, 0.15) is 5.76 Å². The Kier molecular flexibility index (Phi) is 4.82. The van der Waals surface area contributed by atoms with Gasteiger partial charge in [-0.05, 0) is 23.5 Å². The molecule has 0 saturated heterocycles. The van der Waals surface area contributed by atoms with Crippen LogP contribution in [0.1, 0.15) is 40.5 Å². The van der Waals surface area contributed by atoms with Crippen LogP contribution < -0.4 is 0 Å². The lowest BCUT2D eigenvalue weighted by atomic mass is 9.75. The van der Waals surface area contributed by atoms with E-state index in [2.05, 4.69) is 26.0 Å². The molecule has 0 heterocycles. The molecule has 0 saturated carbocycles. The van der Waals surface area contributed by atoms with Crippen LogP contribution in [0.2, 0.25) is 0 Å². The van der Waals surface area contributed by atoms with Gasteiger partial charge >= 0.3 is 0 Å². The predicted molar refractivity (Wildman–Crippen MR) is 88.6 cm³/mol. The molecule has 0 fully saturated rings. The van der Waals surface area contributed by atoms with Gasteiger partial charge in [-0.2, -0.15) is 0 Å². The minimum absolute atomic E-state index is 0.0102. The Balaban J connectivity index is 2.32. The SMILES string of the molecule is CC(C)C(Sc1ccccc1)C1=C(O)CC(C)(C)CC1=O. The van der Waals surface area contributed by atoms with Gasteiger partial charge in [0.05, 0.1) is 0 Å². The first kappa shape index (κ1) is 16.2. The van der Waals surface area contributed by atoms with Gasteiger partial charge in [-0.15, -0.1) is 11.8 Å². The summed E-state index contributed by atoms with van der Waals surface area (Å²) < 4.78 is 0. The molecule has 0 radical (unpaired) electrons. The molecule has 0 aliphatic heterocycles. The summed E-state index contributed by atoms with van der Waals surface area (Å²) >= 11 is 1.67. The topological polar surface area (TPSA) is 37.3 Å². The Morgan fingerprint density at radius 3 is 2.29 bits per heavy atom. The highest BCUT2D eigenvalue weighted by Gasteiger charge is 2.37. The maximum atomic E-state index is 12.5. The third-order valence-corrected chi connectivity index (χ3v) is 5.37. The van der Waals surface area contributed by atoms with Crippen molar-refractivity contribution in [3.63, 3.8) is 0 Å². The van der Waals surface area contributed by atoms with E-state index in [0.29, 0.717) is 24.2 Å². The van der Waals surface area contributed by atoms with Gasteiger partial charge in [0.15, 0.2) is 5.78 Å². The van der Waals surface area contributed by atoms with E-state index >= 15 is 0 Å². The number of thioether (sulfide) groups is 1. The van der Waals surface area contributed by atoms with Crippen LogP contribution in [0.25, 0.3) is 0 Å². The highest BCUT2D eigenvalue weighted by atomic mass is 32.2. The largest absolute Gasteiger partial charge is 0.512 e. The number of Topliss-reactive ketones (excluding diaryl/α,β-unsaturated/α-hetero) is 1. The monoisotopic (exact) mass is 304 g/mol. The highest BCUT2D eigenvalue weighted by molar-refractivity contribution is 8.00. The highest BCUT2D eigenvalue weighted by Crippen LogP contribution is 2.42. The number of ketones is 1. The Hall–Kier alpha value is -1.22. The Bertz CT molecular complexity index is 544. The van der Waals surface area contributed by atoms with Gasteiger partial charge in [0.25, 0.3) is 0 Å². The Morgan fingerprint density at radius 1 is 1.14 bits per heavy atom. The zero-order chi connectivity index (χ0) is 15.6. The van der Waals surface area contributed by atoms with Crippen molar-refractivity contribution in [2.75, 3.05) is 0 Å². The average Bonchev–Trinajstić information content (AvgIpc) is 2.36. The average molecular weight is 304 g/mol. The van der Waals surface area contributed by atoms with Gasteiger partial charge in [-0.3, -0.25) is 4.79 Å². The van der Waals surface area contributed by atoms with E-state index in [-0.39, 0.29) is 22.4 Å². The quantitative estimate of drug-likeness (QED) is 0.795. The van der Waals surface area contributed by atoms with Crippen molar-refractivity contribution in [3.05, 3.63) is 41.7 Å². The van der Waals surface area contributed by atoms with Crippen LogP contribution in [0.4, 0.5) is 0 Å². The van der Waals surface area contributed by atoms with Crippen molar-refractivity contribution in [1.29, 1.82) is 0 Å². The van der Waals surface area contributed by atoms with Gasteiger partial charge in [-0.1, -0.05) is 45.9 Å². The Labute approximate surface area is 131 Å². The first-order chi connectivity index (χ1) is 9.80. The number of rotatable bonds is 4. The summed E-state index contributed by atoms with van der Waals surface area (Å²) in [6.07, 6.45) is 1.11. The molecule has 1 aliphatic carbocycles. The van der Waals surface area contributed by atoms with Crippen LogP contribution >= 0.6 is 11.8 Å². The standard InChI is InChI=1S/C18H24O2S/c1-12(2)17(21-13-8-6-5-7-9-13)16-14(19)10-18(3,4)11-15(16)20/h5-9,12,17,19H,10-11H2,1-4H3. The van der Waals surface area contributed by atoms with Crippen LogP contribution in [0.3, 0.4) is 0 Å². The summed E-state index contributed by atoms with van der Waals surface area (Å²) in [6.45, 7) is 8.28. The number of benzene rings is 1. The zero-order valence-electron chi connectivity index (χ0n) is 13.2. The number of aliphatic hydroxyl groups excluding tert-OH is 1. The van der Waals surface area contributed by atoms with E-state index < -0.39 is 0 Å². The second kappa shape index (κ2) is 6.27. The van der Waals surface area contributed by atoms with Gasteiger partial charge in [0, 0.05) is 28.6 Å². The normalized spacial score (nSPS) is 20.0. The van der Waals surface area contributed by atoms with Crippen molar-refractivity contribution in [3.8, 4) is 0 Å². The van der Waals surface area contributed by atoms with E-state index in [9.17, 15) is 9.90 Å². The molecule has 2 nitrogen and oxygen atoms in total. The summed E-state index contributed by atoms with van der Waals surface area (Å²) in [4.78, 5) is 13.7. The first-order valence-electron chi connectivity index (χ1n) is 7.47. The molecule has 114 valence electrons. The van der Waals surface area contributed by atoms with Crippen LogP contribution in [0.15, 0.2) is 46.6 Å². The van der Waals surface area contributed by atoms with Crippen LogP contribution in [0.5, 0.6) is 0 Å². The number of allylic oxidation sites excluding steroid dienone is 1. The maximum absolute atomic E-state index is 12.5. The maximum Gasteiger partial charge on any atom is 0.163 e. The molecule has 0 aromatic heterocycles. The number of hydrogen-bond donors (Lipinski definition) is 1. The second-order valence-electron chi connectivity index (χ2n) is 6.90. The summed E-state index contributed by atoms with van der Waals surface area (Å²) in [5.74, 6) is 0.682. The molecule has 3 heteroatoms. The van der Waals surface area contributed by atoms with Crippen LogP contribution in [-0.4, -0.2) is 16.1 Å².